The monoisotopic (exact) mass is 253 g/mol. The lowest BCUT2D eigenvalue weighted by Gasteiger charge is -2.11. The van der Waals surface area contributed by atoms with Crippen molar-refractivity contribution in [2.75, 3.05) is 18.5 Å². The molecule has 2 rings (SSSR count). The summed E-state index contributed by atoms with van der Waals surface area (Å²) >= 11 is 1.84. The molecule has 0 bridgehead atoms. The van der Waals surface area contributed by atoms with Crippen molar-refractivity contribution in [1.29, 1.82) is 0 Å². The molecule has 0 spiro atoms. The van der Waals surface area contributed by atoms with Gasteiger partial charge in [0.05, 0.1) is 5.69 Å². The van der Waals surface area contributed by atoms with Crippen LogP contribution in [0.2, 0.25) is 0 Å². The van der Waals surface area contributed by atoms with Crippen LogP contribution in [0.5, 0.6) is 0 Å². The molecule has 0 aromatic carbocycles. The molecule has 17 heavy (non-hydrogen) atoms. The zero-order chi connectivity index (χ0) is 12.4. The third kappa shape index (κ3) is 3.19. The SMILES string of the molecule is CCN(C)c1nc(C(C)C)c(CNC2CC2)s1. The maximum absolute atomic E-state index is 4.78. The van der Waals surface area contributed by atoms with Crippen molar-refractivity contribution in [3.05, 3.63) is 10.6 Å². The molecule has 1 aromatic rings. The smallest absolute Gasteiger partial charge is 0.185 e. The van der Waals surface area contributed by atoms with Gasteiger partial charge in [0.15, 0.2) is 5.13 Å². The maximum Gasteiger partial charge on any atom is 0.185 e. The first-order chi connectivity index (χ1) is 8.11. The number of anilines is 1. The van der Waals surface area contributed by atoms with Crippen LogP contribution in [0, 0.1) is 0 Å². The Kier molecular flexibility index (Phi) is 4.05. The highest BCUT2D eigenvalue weighted by Crippen LogP contribution is 2.31. The van der Waals surface area contributed by atoms with Gasteiger partial charge in [-0.25, -0.2) is 4.98 Å². The largest absolute Gasteiger partial charge is 0.351 e. The van der Waals surface area contributed by atoms with Gasteiger partial charge in [0.1, 0.15) is 0 Å². The Balaban J connectivity index is 2.11. The van der Waals surface area contributed by atoms with Crippen LogP contribution in [0.1, 0.15) is 50.1 Å². The summed E-state index contributed by atoms with van der Waals surface area (Å²) < 4.78 is 0. The van der Waals surface area contributed by atoms with E-state index in [9.17, 15) is 0 Å². The summed E-state index contributed by atoms with van der Waals surface area (Å²) in [5, 5.41) is 4.75. The van der Waals surface area contributed by atoms with Crippen LogP contribution < -0.4 is 10.2 Å². The Hall–Kier alpha value is -0.610. The summed E-state index contributed by atoms with van der Waals surface area (Å²) in [6, 6.07) is 0.768. The quantitative estimate of drug-likeness (QED) is 0.845. The molecule has 0 atom stereocenters. The highest BCUT2D eigenvalue weighted by Gasteiger charge is 2.22. The van der Waals surface area contributed by atoms with Crippen molar-refractivity contribution in [1.82, 2.24) is 10.3 Å². The summed E-state index contributed by atoms with van der Waals surface area (Å²) in [6.07, 6.45) is 2.69. The summed E-state index contributed by atoms with van der Waals surface area (Å²) in [7, 11) is 2.11. The first kappa shape index (κ1) is 12.8. The predicted molar refractivity (Wildman–Crippen MR) is 75.0 cm³/mol. The molecule has 96 valence electrons. The number of hydrogen-bond acceptors (Lipinski definition) is 4. The van der Waals surface area contributed by atoms with E-state index in [2.05, 4.69) is 38.0 Å². The Morgan fingerprint density at radius 2 is 2.18 bits per heavy atom. The van der Waals surface area contributed by atoms with Crippen LogP contribution in [0.25, 0.3) is 0 Å². The van der Waals surface area contributed by atoms with Crippen molar-refractivity contribution >= 4 is 16.5 Å². The number of hydrogen-bond donors (Lipinski definition) is 1. The lowest BCUT2D eigenvalue weighted by Crippen LogP contribution is -2.15. The lowest BCUT2D eigenvalue weighted by molar-refractivity contribution is 0.680. The molecule has 0 radical (unpaired) electrons. The van der Waals surface area contributed by atoms with E-state index in [1.54, 1.807) is 0 Å². The Morgan fingerprint density at radius 1 is 1.47 bits per heavy atom. The molecule has 3 nitrogen and oxygen atoms in total. The minimum absolute atomic E-state index is 0.515. The van der Waals surface area contributed by atoms with Crippen molar-refractivity contribution in [3.63, 3.8) is 0 Å². The zero-order valence-corrected chi connectivity index (χ0v) is 12.1. The predicted octanol–water partition coefficient (Wildman–Crippen LogP) is 2.97. The molecule has 1 saturated carbocycles. The zero-order valence-electron chi connectivity index (χ0n) is 11.3. The van der Waals surface area contributed by atoms with Gasteiger partial charge in [-0.15, -0.1) is 11.3 Å². The average Bonchev–Trinajstić information content (AvgIpc) is 3.03. The van der Waals surface area contributed by atoms with E-state index in [0.717, 1.165) is 24.3 Å². The second-order valence-corrected chi connectivity index (χ2v) is 6.19. The van der Waals surface area contributed by atoms with Crippen molar-refractivity contribution in [2.24, 2.45) is 0 Å². The highest BCUT2D eigenvalue weighted by molar-refractivity contribution is 7.15. The number of nitrogens with zero attached hydrogens (tertiary/aromatic N) is 2. The third-order valence-electron chi connectivity index (χ3n) is 3.19. The highest BCUT2D eigenvalue weighted by atomic mass is 32.1. The van der Waals surface area contributed by atoms with E-state index in [4.69, 9.17) is 4.98 Å². The van der Waals surface area contributed by atoms with E-state index >= 15 is 0 Å². The first-order valence-corrected chi connectivity index (χ1v) is 7.37. The maximum atomic E-state index is 4.78. The fourth-order valence-corrected chi connectivity index (χ4v) is 2.94. The van der Waals surface area contributed by atoms with Crippen molar-refractivity contribution < 1.29 is 0 Å². The van der Waals surface area contributed by atoms with E-state index in [0.29, 0.717) is 5.92 Å². The molecule has 0 saturated heterocycles. The van der Waals surface area contributed by atoms with E-state index in [1.165, 1.54) is 23.4 Å². The topological polar surface area (TPSA) is 28.2 Å². The molecule has 0 amide bonds. The van der Waals surface area contributed by atoms with E-state index in [-0.39, 0.29) is 0 Å². The molecule has 1 aromatic heterocycles. The molecule has 1 aliphatic carbocycles. The summed E-state index contributed by atoms with van der Waals surface area (Å²) in [5.74, 6) is 0.515. The van der Waals surface area contributed by atoms with Crippen LogP contribution in [-0.2, 0) is 6.54 Å². The van der Waals surface area contributed by atoms with Gasteiger partial charge in [-0.2, -0.15) is 0 Å². The summed E-state index contributed by atoms with van der Waals surface area (Å²) in [5.41, 5.74) is 1.28. The number of thiazole rings is 1. The molecule has 1 N–H and O–H groups in total. The van der Waals surface area contributed by atoms with Gasteiger partial charge in [-0.05, 0) is 25.7 Å². The number of nitrogens with one attached hydrogen (secondary N) is 1. The number of rotatable bonds is 6. The fourth-order valence-electron chi connectivity index (χ4n) is 1.75. The minimum Gasteiger partial charge on any atom is -0.351 e. The minimum atomic E-state index is 0.515. The van der Waals surface area contributed by atoms with Gasteiger partial charge in [-0.3, -0.25) is 0 Å². The first-order valence-electron chi connectivity index (χ1n) is 6.56. The molecule has 0 aliphatic heterocycles. The Bertz CT molecular complexity index is 369. The van der Waals surface area contributed by atoms with Gasteiger partial charge < -0.3 is 10.2 Å². The fraction of sp³-hybridized carbons (Fsp3) is 0.769. The molecule has 1 aliphatic rings. The van der Waals surface area contributed by atoms with Gasteiger partial charge in [0.2, 0.25) is 0 Å². The molecular weight excluding hydrogens is 230 g/mol. The molecule has 1 fully saturated rings. The summed E-state index contributed by atoms with van der Waals surface area (Å²) in [4.78, 5) is 8.42. The van der Waals surface area contributed by atoms with Gasteiger partial charge >= 0.3 is 0 Å². The van der Waals surface area contributed by atoms with Crippen LogP contribution in [0.3, 0.4) is 0 Å². The molecule has 0 unspecified atom stereocenters. The van der Waals surface area contributed by atoms with Crippen molar-refractivity contribution in [3.8, 4) is 0 Å². The third-order valence-corrected chi connectivity index (χ3v) is 4.38. The van der Waals surface area contributed by atoms with Crippen LogP contribution in [-0.4, -0.2) is 24.6 Å². The number of aromatic nitrogens is 1. The standard InChI is InChI=1S/C13H23N3S/c1-5-16(4)13-15-12(9(2)3)11(17-13)8-14-10-6-7-10/h9-10,14H,5-8H2,1-4H3. The van der Waals surface area contributed by atoms with Gasteiger partial charge in [-0.1, -0.05) is 13.8 Å². The Labute approximate surface area is 108 Å². The normalized spacial score (nSPS) is 15.6. The van der Waals surface area contributed by atoms with Gasteiger partial charge in [0.25, 0.3) is 0 Å². The van der Waals surface area contributed by atoms with E-state index in [1.807, 2.05) is 11.3 Å². The molecule has 1 heterocycles. The second kappa shape index (κ2) is 5.36. The van der Waals surface area contributed by atoms with Gasteiger partial charge in [0, 0.05) is 31.1 Å². The molecule has 4 heteroatoms. The lowest BCUT2D eigenvalue weighted by atomic mass is 10.1. The van der Waals surface area contributed by atoms with Crippen LogP contribution >= 0.6 is 11.3 Å². The Morgan fingerprint density at radius 3 is 2.71 bits per heavy atom. The van der Waals surface area contributed by atoms with E-state index < -0.39 is 0 Å². The molecular formula is C13H23N3S. The average molecular weight is 253 g/mol. The second-order valence-electron chi connectivity index (χ2n) is 5.13. The van der Waals surface area contributed by atoms with Crippen LogP contribution in [0.15, 0.2) is 0 Å². The summed E-state index contributed by atoms with van der Waals surface area (Å²) in [6.45, 7) is 8.63. The van der Waals surface area contributed by atoms with Crippen molar-refractivity contribution in [2.45, 2.75) is 52.1 Å². The van der Waals surface area contributed by atoms with Crippen LogP contribution in [0.4, 0.5) is 5.13 Å².